The molecule has 1 saturated carbocycles. The van der Waals surface area contributed by atoms with Crippen molar-refractivity contribution in [3.63, 3.8) is 0 Å². The van der Waals surface area contributed by atoms with Crippen LogP contribution in [0.2, 0.25) is 0 Å². The fourth-order valence-electron chi connectivity index (χ4n) is 1.83. The third kappa shape index (κ3) is 2.67. The van der Waals surface area contributed by atoms with Crippen LogP contribution in [0.5, 0.6) is 0 Å². The minimum absolute atomic E-state index is 0.0411. The minimum atomic E-state index is -0.525. The van der Waals surface area contributed by atoms with E-state index < -0.39 is 4.92 Å². The molecule has 0 bridgehead atoms. The van der Waals surface area contributed by atoms with E-state index in [4.69, 9.17) is 10.5 Å². The molecular weight excluding hydrogens is 236 g/mol. The van der Waals surface area contributed by atoms with E-state index in [0.717, 1.165) is 12.8 Å². The predicted octanol–water partition coefficient (Wildman–Crippen LogP) is 1.19. The lowest BCUT2D eigenvalue weighted by atomic mass is 10.3. The Bertz CT molecular complexity index is 448. The Balaban J connectivity index is 2.19. The highest BCUT2D eigenvalue weighted by molar-refractivity contribution is 5.58. The van der Waals surface area contributed by atoms with Crippen LogP contribution in [0.4, 0.5) is 17.3 Å². The van der Waals surface area contributed by atoms with E-state index in [9.17, 15) is 10.1 Å². The molecule has 0 atom stereocenters. The van der Waals surface area contributed by atoms with Crippen molar-refractivity contribution in [2.24, 2.45) is 0 Å². The van der Waals surface area contributed by atoms with Gasteiger partial charge in [0.1, 0.15) is 5.82 Å². The van der Waals surface area contributed by atoms with Gasteiger partial charge in [-0.2, -0.15) is 0 Å². The summed E-state index contributed by atoms with van der Waals surface area (Å²) in [5.41, 5.74) is 5.45. The summed E-state index contributed by atoms with van der Waals surface area (Å²) >= 11 is 0. The first kappa shape index (κ1) is 12.6. The summed E-state index contributed by atoms with van der Waals surface area (Å²) in [5.74, 6) is 0.637. The maximum Gasteiger partial charge on any atom is 0.311 e. The van der Waals surface area contributed by atoms with Gasteiger partial charge in [-0.05, 0) is 18.9 Å². The van der Waals surface area contributed by atoms with Gasteiger partial charge in [-0.25, -0.2) is 4.98 Å². The molecule has 0 spiro atoms. The number of methoxy groups -OCH3 is 1. The molecular formula is C11H16N4O3. The third-order valence-corrected chi connectivity index (χ3v) is 2.90. The molecule has 98 valence electrons. The minimum Gasteiger partial charge on any atom is -0.383 e. The van der Waals surface area contributed by atoms with Crippen molar-refractivity contribution in [2.45, 2.75) is 18.9 Å². The fourth-order valence-corrected chi connectivity index (χ4v) is 1.83. The lowest BCUT2D eigenvalue weighted by Crippen LogP contribution is -2.30. The summed E-state index contributed by atoms with van der Waals surface area (Å²) in [5, 5.41) is 10.7. The molecule has 7 heteroatoms. The average Bonchev–Trinajstić information content (AvgIpc) is 3.13. The van der Waals surface area contributed by atoms with Crippen molar-refractivity contribution in [3.05, 3.63) is 22.2 Å². The number of nitrogens with zero attached hydrogens (tertiary/aromatic N) is 3. The number of nitro groups is 1. The first-order valence-corrected chi connectivity index (χ1v) is 5.80. The summed E-state index contributed by atoms with van der Waals surface area (Å²) in [6.45, 7) is 1.31. The maximum atomic E-state index is 10.7. The highest BCUT2D eigenvalue weighted by atomic mass is 16.6. The Hall–Kier alpha value is -1.89. The molecule has 0 radical (unpaired) electrons. The number of nitrogens with two attached hydrogens (primary N) is 1. The first-order valence-electron chi connectivity index (χ1n) is 5.80. The Kier molecular flexibility index (Phi) is 3.61. The van der Waals surface area contributed by atoms with Gasteiger partial charge in [-0.15, -0.1) is 0 Å². The molecule has 2 N–H and O–H groups in total. The van der Waals surface area contributed by atoms with Crippen LogP contribution in [0.3, 0.4) is 0 Å². The van der Waals surface area contributed by atoms with E-state index in [1.54, 1.807) is 13.2 Å². The van der Waals surface area contributed by atoms with E-state index in [2.05, 4.69) is 9.88 Å². The molecule has 0 amide bonds. The molecule has 1 aliphatic carbocycles. The highest BCUT2D eigenvalue weighted by Crippen LogP contribution is 2.32. The fraction of sp³-hybridized carbons (Fsp3) is 0.545. The van der Waals surface area contributed by atoms with Gasteiger partial charge in [0.25, 0.3) is 0 Å². The molecule has 18 heavy (non-hydrogen) atoms. The second kappa shape index (κ2) is 5.18. The number of hydrogen-bond acceptors (Lipinski definition) is 6. The molecule has 0 saturated heterocycles. The largest absolute Gasteiger partial charge is 0.383 e. The summed E-state index contributed by atoms with van der Waals surface area (Å²) in [4.78, 5) is 16.4. The Morgan fingerprint density at radius 3 is 2.83 bits per heavy atom. The van der Waals surface area contributed by atoms with Crippen molar-refractivity contribution in [1.82, 2.24) is 4.98 Å². The van der Waals surface area contributed by atoms with Gasteiger partial charge >= 0.3 is 5.69 Å². The van der Waals surface area contributed by atoms with E-state index in [1.165, 1.54) is 6.07 Å². The molecule has 0 unspecified atom stereocenters. The van der Waals surface area contributed by atoms with Crippen LogP contribution in [-0.2, 0) is 4.74 Å². The zero-order valence-electron chi connectivity index (χ0n) is 10.2. The summed E-state index contributed by atoms with van der Waals surface area (Å²) in [6, 6.07) is 3.50. The van der Waals surface area contributed by atoms with Gasteiger partial charge < -0.3 is 15.4 Å². The van der Waals surface area contributed by atoms with Crippen molar-refractivity contribution in [3.8, 4) is 0 Å². The molecule has 0 aliphatic heterocycles. The van der Waals surface area contributed by atoms with Crippen LogP contribution >= 0.6 is 0 Å². The van der Waals surface area contributed by atoms with Crippen LogP contribution in [-0.4, -0.2) is 36.2 Å². The van der Waals surface area contributed by atoms with Gasteiger partial charge in [-0.1, -0.05) is 0 Å². The van der Waals surface area contributed by atoms with Gasteiger partial charge in [0.05, 0.1) is 11.5 Å². The van der Waals surface area contributed by atoms with E-state index in [1.807, 2.05) is 0 Å². The smallest absolute Gasteiger partial charge is 0.311 e. The molecule has 0 aromatic carbocycles. The van der Waals surface area contributed by atoms with E-state index in [0.29, 0.717) is 25.0 Å². The zero-order valence-corrected chi connectivity index (χ0v) is 10.2. The summed E-state index contributed by atoms with van der Waals surface area (Å²) < 4.78 is 5.06. The normalized spacial score (nSPS) is 14.5. The topological polar surface area (TPSA) is 94.5 Å². The van der Waals surface area contributed by atoms with Crippen molar-refractivity contribution >= 4 is 17.3 Å². The molecule has 7 nitrogen and oxygen atoms in total. The molecule has 1 fully saturated rings. The third-order valence-electron chi connectivity index (χ3n) is 2.90. The second-order valence-corrected chi connectivity index (χ2v) is 4.25. The van der Waals surface area contributed by atoms with Crippen LogP contribution in [0, 0.1) is 10.1 Å². The summed E-state index contributed by atoms with van der Waals surface area (Å²) in [6.07, 6.45) is 2.23. The van der Waals surface area contributed by atoms with Crippen LogP contribution in [0.15, 0.2) is 12.1 Å². The highest BCUT2D eigenvalue weighted by Gasteiger charge is 2.30. The van der Waals surface area contributed by atoms with Crippen LogP contribution in [0.1, 0.15) is 12.8 Å². The lowest BCUT2D eigenvalue weighted by Gasteiger charge is -2.23. The lowest BCUT2D eigenvalue weighted by molar-refractivity contribution is -0.384. The van der Waals surface area contributed by atoms with Gasteiger partial charge in [-0.3, -0.25) is 10.1 Å². The van der Waals surface area contributed by atoms with E-state index >= 15 is 0 Å². The summed E-state index contributed by atoms with van der Waals surface area (Å²) in [7, 11) is 1.64. The molecule has 2 rings (SSSR count). The van der Waals surface area contributed by atoms with Crippen LogP contribution < -0.4 is 10.6 Å². The number of ether oxygens (including phenoxy) is 1. The Labute approximate surface area is 105 Å². The number of aromatic nitrogens is 1. The van der Waals surface area contributed by atoms with Gasteiger partial charge in [0.2, 0.25) is 5.82 Å². The number of anilines is 2. The SMILES string of the molecule is COCCN(c1ccc([N+](=O)[O-])c(N)n1)C1CC1. The van der Waals surface area contributed by atoms with Gasteiger partial charge in [0, 0.05) is 25.8 Å². The van der Waals surface area contributed by atoms with Crippen LogP contribution in [0.25, 0.3) is 0 Å². The maximum absolute atomic E-state index is 10.7. The molecule has 1 aliphatic rings. The number of hydrogen-bond donors (Lipinski definition) is 1. The zero-order chi connectivity index (χ0) is 13.1. The Morgan fingerprint density at radius 2 is 2.33 bits per heavy atom. The number of nitrogen functional groups attached to an aromatic ring is 1. The molecule has 1 aromatic heterocycles. The second-order valence-electron chi connectivity index (χ2n) is 4.25. The van der Waals surface area contributed by atoms with Crippen molar-refractivity contribution in [2.75, 3.05) is 30.9 Å². The first-order chi connectivity index (χ1) is 8.63. The quantitative estimate of drug-likeness (QED) is 0.603. The number of pyridine rings is 1. The standard InChI is InChI=1S/C11H16N4O3/c1-18-7-6-14(8-2-3-8)10-5-4-9(15(16)17)11(12)13-10/h4-5,8H,2-3,6-7H2,1H3,(H2,12,13). The molecule has 1 heterocycles. The van der Waals surface area contributed by atoms with Crippen molar-refractivity contribution < 1.29 is 9.66 Å². The van der Waals surface area contributed by atoms with E-state index in [-0.39, 0.29) is 11.5 Å². The average molecular weight is 252 g/mol. The molecule has 1 aromatic rings. The predicted molar refractivity (Wildman–Crippen MR) is 67.5 cm³/mol. The monoisotopic (exact) mass is 252 g/mol. The Morgan fingerprint density at radius 1 is 1.61 bits per heavy atom. The van der Waals surface area contributed by atoms with Gasteiger partial charge in [0.15, 0.2) is 0 Å². The number of rotatable bonds is 6. The van der Waals surface area contributed by atoms with Crippen molar-refractivity contribution in [1.29, 1.82) is 0 Å².